The van der Waals surface area contributed by atoms with E-state index < -0.39 is 0 Å². The Morgan fingerprint density at radius 3 is 2.55 bits per heavy atom. The van der Waals surface area contributed by atoms with Crippen LogP contribution < -0.4 is 10.6 Å². The molecule has 0 bridgehead atoms. The van der Waals surface area contributed by atoms with Gasteiger partial charge in [0, 0.05) is 24.1 Å². The van der Waals surface area contributed by atoms with Gasteiger partial charge in [-0.05, 0) is 37.2 Å². The van der Waals surface area contributed by atoms with Crippen LogP contribution >= 0.6 is 15.9 Å². The van der Waals surface area contributed by atoms with E-state index in [0.717, 1.165) is 30.5 Å². The average Bonchev–Trinajstić information content (AvgIpc) is 2.44. The molecular weight excluding hydrogens is 318 g/mol. The summed E-state index contributed by atoms with van der Waals surface area (Å²) in [7, 11) is 0. The number of urea groups is 1. The van der Waals surface area contributed by atoms with Crippen molar-refractivity contribution in [3.8, 4) is 0 Å². The smallest absolute Gasteiger partial charge is 0.314 e. The number of benzene rings is 1. The highest BCUT2D eigenvalue weighted by Crippen LogP contribution is 2.11. The Balaban J connectivity index is 2.14. The predicted molar refractivity (Wildman–Crippen MR) is 87.0 cm³/mol. The summed E-state index contributed by atoms with van der Waals surface area (Å²) < 4.78 is 1.07. The van der Waals surface area contributed by atoms with Crippen LogP contribution in [0.25, 0.3) is 0 Å². The second kappa shape index (κ2) is 9.77. The van der Waals surface area contributed by atoms with Gasteiger partial charge in [-0.1, -0.05) is 41.9 Å². The van der Waals surface area contributed by atoms with Crippen molar-refractivity contribution in [2.45, 2.75) is 20.3 Å². The summed E-state index contributed by atoms with van der Waals surface area (Å²) in [5, 5.41) is 5.75. The molecule has 0 aliphatic heterocycles. The molecule has 0 aliphatic rings. The minimum atomic E-state index is -0.0906. The van der Waals surface area contributed by atoms with Crippen molar-refractivity contribution in [2.24, 2.45) is 0 Å². The van der Waals surface area contributed by atoms with Crippen molar-refractivity contribution in [2.75, 3.05) is 32.7 Å². The van der Waals surface area contributed by atoms with E-state index in [1.807, 2.05) is 12.1 Å². The lowest BCUT2D eigenvalue weighted by atomic mass is 10.1. The first kappa shape index (κ1) is 17.0. The normalized spacial score (nSPS) is 10.6. The van der Waals surface area contributed by atoms with Crippen molar-refractivity contribution in [1.82, 2.24) is 15.5 Å². The molecule has 0 fully saturated rings. The number of nitrogens with zero attached hydrogens (tertiary/aromatic N) is 1. The number of carbonyl (C=O) groups excluding carboxylic acids is 1. The second-order valence-electron chi connectivity index (χ2n) is 4.59. The topological polar surface area (TPSA) is 44.4 Å². The first-order valence-corrected chi connectivity index (χ1v) is 7.93. The SMILES string of the molecule is CCN(CC)CCNC(=O)NCCc1cccc(Br)c1. The quantitative estimate of drug-likeness (QED) is 0.763. The standard InChI is InChI=1S/C15H24BrN3O/c1-3-19(4-2)11-10-18-15(20)17-9-8-13-6-5-7-14(16)12-13/h5-7,12H,3-4,8-11H2,1-2H3,(H2,17,18,20). The fourth-order valence-electron chi connectivity index (χ4n) is 1.94. The van der Waals surface area contributed by atoms with Crippen molar-refractivity contribution >= 4 is 22.0 Å². The summed E-state index contributed by atoms with van der Waals surface area (Å²) in [5.74, 6) is 0. The zero-order valence-electron chi connectivity index (χ0n) is 12.3. The van der Waals surface area contributed by atoms with E-state index in [1.54, 1.807) is 0 Å². The third-order valence-electron chi connectivity index (χ3n) is 3.20. The Morgan fingerprint density at radius 2 is 1.90 bits per heavy atom. The highest BCUT2D eigenvalue weighted by molar-refractivity contribution is 9.10. The van der Waals surface area contributed by atoms with Crippen LogP contribution in [0.15, 0.2) is 28.7 Å². The minimum Gasteiger partial charge on any atom is -0.338 e. The molecule has 0 aromatic heterocycles. The lowest BCUT2D eigenvalue weighted by molar-refractivity contribution is 0.237. The van der Waals surface area contributed by atoms with E-state index in [2.05, 4.69) is 57.4 Å². The molecule has 4 nitrogen and oxygen atoms in total. The highest BCUT2D eigenvalue weighted by atomic mass is 79.9. The molecule has 1 aromatic carbocycles. The highest BCUT2D eigenvalue weighted by Gasteiger charge is 2.02. The third-order valence-corrected chi connectivity index (χ3v) is 3.69. The van der Waals surface area contributed by atoms with Gasteiger partial charge >= 0.3 is 6.03 Å². The molecule has 0 aliphatic carbocycles. The Labute approximate surface area is 130 Å². The summed E-state index contributed by atoms with van der Waals surface area (Å²) >= 11 is 3.44. The zero-order valence-corrected chi connectivity index (χ0v) is 13.9. The monoisotopic (exact) mass is 341 g/mol. The molecule has 0 heterocycles. The molecule has 5 heteroatoms. The summed E-state index contributed by atoms with van der Waals surface area (Å²) in [6, 6.07) is 8.04. The number of hydrogen-bond acceptors (Lipinski definition) is 2. The molecule has 1 aromatic rings. The van der Waals surface area contributed by atoms with Gasteiger partial charge in [-0.15, -0.1) is 0 Å². The lowest BCUT2D eigenvalue weighted by Gasteiger charge is -2.18. The Hall–Kier alpha value is -1.07. The Morgan fingerprint density at radius 1 is 1.20 bits per heavy atom. The van der Waals surface area contributed by atoms with Crippen LogP contribution in [-0.2, 0) is 6.42 Å². The van der Waals surface area contributed by atoms with E-state index in [-0.39, 0.29) is 6.03 Å². The molecule has 112 valence electrons. The summed E-state index contributed by atoms with van der Waals surface area (Å²) in [5.41, 5.74) is 1.21. The van der Waals surface area contributed by atoms with Gasteiger partial charge in [0.1, 0.15) is 0 Å². The van der Waals surface area contributed by atoms with Crippen LogP contribution in [0.5, 0.6) is 0 Å². The number of rotatable bonds is 8. The van der Waals surface area contributed by atoms with Crippen LogP contribution in [0.3, 0.4) is 0 Å². The number of halogens is 1. The summed E-state index contributed by atoms with van der Waals surface area (Å²) in [6.45, 7) is 8.51. The number of amides is 2. The largest absolute Gasteiger partial charge is 0.338 e. The van der Waals surface area contributed by atoms with Crippen LogP contribution in [0.1, 0.15) is 19.4 Å². The molecule has 0 saturated heterocycles. The molecule has 0 spiro atoms. The van der Waals surface area contributed by atoms with Gasteiger partial charge in [0.05, 0.1) is 0 Å². The molecular formula is C15H24BrN3O. The molecule has 0 atom stereocenters. The van der Waals surface area contributed by atoms with Crippen molar-refractivity contribution < 1.29 is 4.79 Å². The number of carbonyl (C=O) groups is 1. The number of likely N-dealkylation sites (N-methyl/N-ethyl adjacent to an activating group) is 1. The fourth-order valence-corrected chi connectivity index (χ4v) is 2.39. The maximum absolute atomic E-state index is 11.6. The third kappa shape index (κ3) is 6.91. The van der Waals surface area contributed by atoms with E-state index in [0.29, 0.717) is 13.1 Å². The molecule has 2 N–H and O–H groups in total. The van der Waals surface area contributed by atoms with Crippen LogP contribution in [-0.4, -0.2) is 43.7 Å². The molecule has 20 heavy (non-hydrogen) atoms. The van der Waals surface area contributed by atoms with Gasteiger partial charge in [0.15, 0.2) is 0 Å². The molecule has 0 unspecified atom stereocenters. The van der Waals surface area contributed by atoms with Crippen molar-refractivity contribution in [3.63, 3.8) is 0 Å². The van der Waals surface area contributed by atoms with E-state index in [1.165, 1.54) is 5.56 Å². The first-order valence-electron chi connectivity index (χ1n) is 7.14. The molecule has 2 amide bonds. The van der Waals surface area contributed by atoms with Crippen LogP contribution in [0, 0.1) is 0 Å². The summed E-state index contributed by atoms with van der Waals surface area (Å²) in [4.78, 5) is 13.9. The van der Waals surface area contributed by atoms with Gasteiger partial charge in [0.2, 0.25) is 0 Å². The Kier molecular flexibility index (Phi) is 8.30. The second-order valence-corrected chi connectivity index (χ2v) is 5.51. The molecule has 0 saturated carbocycles. The van der Waals surface area contributed by atoms with Gasteiger partial charge in [-0.3, -0.25) is 0 Å². The van der Waals surface area contributed by atoms with Gasteiger partial charge in [-0.2, -0.15) is 0 Å². The molecule has 1 rings (SSSR count). The number of hydrogen-bond donors (Lipinski definition) is 2. The van der Waals surface area contributed by atoms with E-state index in [4.69, 9.17) is 0 Å². The van der Waals surface area contributed by atoms with Crippen LogP contribution in [0.4, 0.5) is 4.79 Å². The average molecular weight is 342 g/mol. The minimum absolute atomic E-state index is 0.0906. The van der Waals surface area contributed by atoms with E-state index in [9.17, 15) is 4.79 Å². The Bertz CT molecular complexity index is 408. The lowest BCUT2D eigenvalue weighted by Crippen LogP contribution is -2.41. The number of nitrogens with one attached hydrogen (secondary N) is 2. The van der Waals surface area contributed by atoms with Gasteiger partial charge in [0.25, 0.3) is 0 Å². The zero-order chi connectivity index (χ0) is 14.8. The fraction of sp³-hybridized carbons (Fsp3) is 0.533. The van der Waals surface area contributed by atoms with Crippen molar-refractivity contribution in [1.29, 1.82) is 0 Å². The van der Waals surface area contributed by atoms with Gasteiger partial charge in [-0.25, -0.2) is 4.79 Å². The predicted octanol–water partition coefficient (Wildman–Crippen LogP) is 2.63. The van der Waals surface area contributed by atoms with Crippen molar-refractivity contribution in [3.05, 3.63) is 34.3 Å². The van der Waals surface area contributed by atoms with E-state index >= 15 is 0 Å². The van der Waals surface area contributed by atoms with Crippen LogP contribution in [0.2, 0.25) is 0 Å². The maximum Gasteiger partial charge on any atom is 0.314 e. The molecule has 0 radical (unpaired) electrons. The first-order chi connectivity index (χ1) is 9.65. The van der Waals surface area contributed by atoms with Gasteiger partial charge < -0.3 is 15.5 Å². The summed E-state index contributed by atoms with van der Waals surface area (Å²) in [6.07, 6.45) is 0.836. The maximum atomic E-state index is 11.6.